The molecule has 1 aliphatic rings. The lowest BCUT2D eigenvalue weighted by Crippen LogP contribution is -2.14. The Morgan fingerprint density at radius 2 is 1.02 bits per heavy atom. The van der Waals surface area contributed by atoms with E-state index in [1.807, 2.05) is 30.5 Å². The summed E-state index contributed by atoms with van der Waals surface area (Å²) in [6, 6.07) is 62.4. The van der Waals surface area contributed by atoms with Crippen molar-refractivity contribution in [2.75, 3.05) is 4.90 Å². The van der Waals surface area contributed by atoms with Crippen LogP contribution in [0.2, 0.25) is 0 Å². The zero-order valence-corrected chi connectivity index (χ0v) is 28.7. The van der Waals surface area contributed by atoms with Crippen molar-refractivity contribution in [1.29, 1.82) is 0 Å². The van der Waals surface area contributed by atoms with Crippen molar-refractivity contribution in [3.63, 3.8) is 0 Å². The maximum absolute atomic E-state index is 6.68. The van der Waals surface area contributed by atoms with Crippen molar-refractivity contribution < 1.29 is 4.74 Å². The van der Waals surface area contributed by atoms with E-state index >= 15 is 0 Å². The second kappa shape index (κ2) is 11.7. The highest BCUT2D eigenvalue weighted by atomic mass is 16.5. The molecule has 11 rings (SSSR count). The fourth-order valence-corrected chi connectivity index (χ4v) is 8.40. The molecule has 10 aromatic rings. The normalized spacial score (nSPS) is 12.4. The van der Waals surface area contributed by atoms with Crippen molar-refractivity contribution in [2.24, 2.45) is 0 Å². The standard InChI is InChI=1S/C48H32N4O/c1-3-17-37-35(15-1)36-16-2-4-18-38(36)42-21-12-24-45-48(42)51(43-22-7-5-19-39(37)43)31-50(45)32-13-11-14-33(29-32)53-34-26-27-41-40-20-6-8-23-44(40)52(46(41)30-34)47-25-9-10-28-49-47/h1-30H,31H2. The molecule has 0 amide bonds. The van der Waals surface area contributed by atoms with Crippen molar-refractivity contribution in [2.45, 2.75) is 6.67 Å². The third kappa shape index (κ3) is 4.61. The van der Waals surface area contributed by atoms with Gasteiger partial charge in [-0.25, -0.2) is 4.98 Å². The molecule has 3 aromatic heterocycles. The molecule has 4 heterocycles. The minimum absolute atomic E-state index is 0.660. The molecule has 0 fully saturated rings. The van der Waals surface area contributed by atoms with Crippen molar-refractivity contribution in [3.8, 4) is 17.3 Å². The molecule has 250 valence electrons. The smallest absolute Gasteiger partial charge is 0.137 e. The number of benzene rings is 7. The molecule has 0 radical (unpaired) electrons. The van der Waals surface area contributed by atoms with Crippen molar-refractivity contribution in [3.05, 3.63) is 182 Å². The first kappa shape index (κ1) is 29.6. The second-order valence-corrected chi connectivity index (χ2v) is 13.6. The van der Waals surface area contributed by atoms with Gasteiger partial charge in [0, 0.05) is 45.6 Å². The summed E-state index contributed by atoms with van der Waals surface area (Å²) >= 11 is 0. The largest absolute Gasteiger partial charge is 0.457 e. The Morgan fingerprint density at radius 1 is 0.434 bits per heavy atom. The molecule has 5 heteroatoms. The summed E-state index contributed by atoms with van der Waals surface area (Å²) in [4.78, 5) is 7.10. The number of rotatable bonds is 4. The van der Waals surface area contributed by atoms with Gasteiger partial charge in [0.1, 0.15) is 24.0 Å². The molecule has 7 aromatic carbocycles. The molecule has 1 aliphatic heterocycles. The van der Waals surface area contributed by atoms with Crippen LogP contribution in [0.1, 0.15) is 0 Å². The number of fused-ring (bicyclic) bond motifs is 10. The van der Waals surface area contributed by atoms with Crippen LogP contribution >= 0.6 is 0 Å². The van der Waals surface area contributed by atoms with Crippen LogP contribution in [0.15, 0.2) is 182 Å². The molecule has 5 nitrogen and oxygen atoms in total. The first-order valence-electron chi connectivity index (χ1n) is 18.0. The quantitative estimate of drug-likeness (QED) is 0.186. The molecule has 0 saturated carbocycles. The molecule has 0 saturated heterocycles. The molecule has 0 bridgehead atoms. The number of ether oxygens (including phenoxy) is 1. The van der Waals surface area contributed by atoms with E-state index in [2.05, 4.69) is 166 Å². The minimum atomic E-state index is 0.660. The van der Waals surface area contributed by atoms with Crippen molar-refractivity contribution >= 4 is 76.5 Å². The monoisotopic (exact) mass is 680 g/mol. The van der Waals surface area contributed by atoms with Crippen LogP contribution in [0.5, 0.6) is 11.5 Å². The number of hydrogen-bond acceptors (Lipinski definition) is 3. The van der Waals surface area contributed by atoms with E-state index < -0.39 is 0 Å². The number of hydrogen-bond donors (Lipinski definition) is 0. The Kier molecular flexibility index (Phi) is 6.55. The maximum atomic E-state index is 6.68. The van der Waals surface area contributed by atoms with Crippen LogP contribution in [0.3, 0.4) is 0 Å². The van der Waals surface area contributed by atoms with E-state index in [-0.39, 0.29) is 0 Å². The number of para-hydroxylation sites is 3. The van der Waals surface area contributed by atoms with Gasteiger partial charge >= 0.3 is 0 Å². The lowest BCUT2D eigenvalue weighted by Gasteiger charge is -2.20. The van der Waals surface area contributed by atoms with Crippen LogP contribution in [0.4, 0.5) is 11.4 Å². The third-order valence-corrected chi connectivity index (χ3v) is 10.7. The number of aromatic nitrogens is 3. The van der Waals surface area contributed by atoms with E-state index in [4.69, 9.17) is 9.72 Å². The first-order chi connectivity index (χ1) is 26.3. The van der Waals surface area contributed by atoms with Crippen LogP contribution in [0.25, 0.3) is 71.0 Å². The molecule has 53 heavy (non-hydrogen) atoms. The fourth-order valence-electron chi connectivity index (χ4n) is 8.40. The van der Waals surface area contributed by atoms with Gasteiger partial charge in [0.25, 0.3) is 0 Å². The summed E-state index contributed by atoms with van der Waals surface area (Å²) < 4.78 is 11.4. The number of anilines is 2. The molecule has 0 atom stereocenters. The van der Waals surface area contributed by atoms with Gasteiger partial charge in [0.2, 0.25) is 0 Å². The second-order valence-electron chi connectivity index (χ2n) is 13.6. The highest BCUT2D eigenvalue weighted by Gasteiger charge is 2.24. The van der Waals surface area contributed by atoms with E-state index in [1.54, 1.807) is 0 Å². The molecule has 0 aliphatic carbocycles. The van der Waals surface area contributed by atoms with Gasteiger partial charge in [-0.2, -0.15) is 0 Å². The maximum Gasteiger partial charge on any atom is 0.137 e. The number of nitrogens with zero attached hydrogens (tertiary/aromatic N) is 4. The van der Waals surface area contributed by atoms with Gasteiger partial charge in [-0.05, 0) is 76.1 Å². The zero-order valence-electron chi connectivity index (χ0n) is 28.7. The highest BCUT2D eigenvalue weighted by Crippen LogP contribution is 2.43. The summed E-state index contributed by atoms with van der Waals surface area (Å²) in [5.74, 6) is 2.42. The van der Waals surface area contributed by atoms with Crippen LogP contribution in [-0.4, -0.2) is 14.1 Å². The summed E-state index contributed by atoms with van der Waals surface area (Å²) in [5.41, 5.74) is 6.79. The van der Waals surface area contributed by atoms with E-state index in [1.165, 1.54) is 48.7 Å². The summed E-state index contributed by atoms with van der Waals surface area (Å²) in [7, 11) is 0. The fraction of sp³-hybridized carbons (Fsp3) is 0.0208. The van der Waals surface area contributed by atoms with Gasteiger partial charge in [-0.15, -0.1) is 0 Å². The highest BCUT2D eigenvalue weighted by molar-refractivity contribution is 6.21. The molecular formula is C48H32N4O. The Labute approximate surface area is 305 Å². The Bertz CT molecular complexity index is 3140. The Balaban J connectivity index is 1.07. The molecule has 0 unspecified atom stereocenters. The minimum Gasteiger partial charge on any atom is -0.457 e. The third-order valence-electron chi connectivity index (χ3n) is 10.7. The van der Waals surface area contributed by atoms with Gasteiger partial charge in [-0.3, -0.25) is 4.57 Å². The Morgan fingerprint density at radius 3 is 1.77 bits per heavy atom. The summed E-state index contributed by atoms with van der Waals surface area (Å²) in [6.07, 6.45) is 1.84. The van der Waals surface area contributed by atoms with Gasteiger partial charge < -0.3 is 14.2 Å². The van der Waals surface area contributed by atoms with Gasteiger partial charge in [-0.1, -0.05) is 109 Å². The Hall–Kier alpha value is -7.11. The van der Waals surface area contributed by atoms with Crippen LogP contribution in [0, 0.1) is 0 Å². The average Bonchev–Trinajstić information content (AvgIpc) is 3.78. The van der Waals surface area contributed by atoms with Gasteiger partial charge in [0.05, 0.1) is 27.8 Å². The van der Waals surface area contributed by atoms with Gasteiger partial charge in [0.15, 0.2) is 0 Å². The first-order valence-corrected chi connectivity index (χ1v) is 18.0. The van der Waals surface area contributed by atoms with E-state index in [0.717, 1.165) is 45.1 Å². The summed E-state index contributed by atoms with van der Waals surface area (Å²) in [6.45, 7) is 0.660. The topological polar surface area (TPSA) is 35.2 Å². The molecule has 0 spiro atoms. The lowest BCUT2D eigenvalue weighted by molar-refractivity contribution is 0.483. The van der Waals surface area contributed by atoms with E-state index in [9.17, 15) is 0 Å². The van der Waals surface area contributed by atoms with Crippen molar-refractivity contribution in [1.82, 2.24) is 14.1 Å². The average molecular weight is 681 g/mol. The SMILES string of the molecule is c1ccc(-n2c3ccccc3c3ccc(Oc4cccc(N5Cn6c7ccccc7c7ccccc7c7ccccc7c7cccc5c76)c4)cc32)nc1. The summed E-state index contributed by atoms with van der Waals surface area (Å²) in [5, 5.41) is 9.73. The van der Waals surface area contributed by atoms with E-state index in [0.29, 0.717) is 6.67 Å². The lowest BCUT2D eigenvalue weighted by atomic mass is 10.0. The molecular weight excluding hydrogens is 649 g/mol. The zero-order chi connectivity index (χ0) is 34.9. The predicted octanol–water partition coefficient (Wildman–Crippen LogP) is 12.6. The van der Waals surface area contributed by atoms with Crippen LogP contribution in [-0.2, 0) is 6.67 Å². The van der Waals surface area contributed by atoms with Crippen LogP contribution < -0.4 is 9.64 Å². The molecule has 0 N–H and O–H groups in total. The predicted molar refractivity (Wildman–Crippen MR) is 219 cm³/mol. The number of pyridine rings is 1.